The summed E-state index contributed by atoms with van der Waals surface area (Å²) in [6.07, 6.45) is 6.87. The van der Waals surface area contributed by atoms with Crippen LogP contribution in [0, 0.1) is 0 Å². The molecule has 0 radical (unpaired) electrons. The first kappa shape index (κ1) is 18.6. The molecule has 1 aromatic heterocycles. The number of anilines is 1. The third-order valence-corrected chi connectivity index (χ3v) is 4.85. The first-order valence-corrected chi connectivity index (χ1v) is 9.39. The van der Waals surface area contributed by atoms with Crippen molar-refractivity contribution in [2.45, 2.75) is 57.7 Å². The van der Waals surface area contributed by atoms with Gasteiger partial charge in [0, 0.05) is 31.7 Å². The lowest BCUT2D eigenvalue weighted by molar-refractivity contribution is -0.122. The Kier molecular flexibility index (Phi) is 5.70. The van der Waals surface area contributed by atoms with Gasteiger partial charge in [-0.3, -0.25) is 14.6 Å². The largest absolute Gasteiger partial charge is 0.352 e. The zero-order valence-electron chi connectivity index (χ0n) is 15.5. The monoisotopic (exact) mass is 360 g/mol. The van der Waals surface area contributed by atoms with Gasteiger partial charge in [0.15, 0.2) is 0 Å². The molecule has 2 saturated heterocycles. The van der Waals surface area contributed by atoms with Crippen LogP contribution in [0.1, 0.15) is 50.0 Å². The summed E-state index contributed by atoms with van der Waals surface area (Å²) in [5.41, 5.74) is 6.42. The number of piperidine rings is 1. The van der Waals surface area contributed by atoms with Crippen LogP contribution in [0.5, 0.6) is 0 Å². The fourth-order valence-electron chi connectivity index (χ4n) is 3.61. The number of carbonyl (C=O) groups is 2. The van der Waals surface area contributed by atoms with Gasteiger partial charge < -0.3 is 20.9 Å². The number of nitrogens with one attached hydrogen (secondary N) is 1. The van der Waals surface area contributed by atoms with Crippen LogP contribution in [0.15, 0.2) is 12.4 Å². The molecule has 0 aromatic carbocycles. The molecule has 0 bridgehead atoms. The molecule has 2 amide bonds. The van der Waals surface area contributed by atoms with Gasteiger partial charge in [-0.05, 0) is 39.5 Å². The highest BCUT2D eigenvalue weighted by molar-refractivity contribution is 5.92. The molecule has 2 fully saturated rings. The Morgan fingerprint density at radius 3 is 2.65 bits per heavy atom. The number of rotatable bonds is 4. The molecule has 2 aliphatic rings. The molecule has 26 heavy (non-hydrogen) atoms. The molecule has 2 aliphatic heterocycles. The Balaban J connectivity index is 1.79. The van der Waals surface area contributed by atoms with Crippen LogP contribution in [-0.4, -0.2) is 64.4 Å². The Labute approximate surface area is 154 Å². The van der Waals surface area contributed by atoms with Crippen molar-refractivity contribution < 1.29 is 9.59 Å². The summed E-state index contributed by atoms with van der Waals surface area (Å²) >= 11 is 0. The predicted octanol–water partition coefficient (Wildman–Crippen LogP) is 0.533. The third kappa shape index (κ3) is 4.12. The summed E-state index contributed by atoms with van der Waals surface area (Å²) in [6.45, 7) is 5.90. The molecular formula is C18H28N6O2. The topological polar surface area (TPSA) is 104 Å². The number of carbonyl (C=O) groups excluding carboxylic acids is 2. The Morgan fingerprint density at radius 1 is 1.23 bits per heavy atom. The molecule has 0 aliphatic carbocycles. The van der Waals surface area contributed by atoms with E-state index in [2.05, 4.69) is 15.3 Å². The molecule has 0 saturated carbocycles. The molecular weight excluding hydrogens is 332 g/mol. The number of aromatic nitrogens is 2. The second kappa shape index (κ2) is 7.99. The second-order valence-electron chi connectivity index (χ2n) is 7.44. The fraction of sp³-hybridized carbons (Fsp3) is 0.667. The van der Waals surface area contributed by atoms with E-state index in [1.54, 1.807) is 6.20 Å². The van der Waals surface area contributed by atoms with Crippen LogP contribution in [0.25, 0.3) is 0 Å². The number of nitrogens with zero attached hydrogens (tertiary/aromatic N) is 4. The van der Waals surface area contributed by atoms with Gasteiger partial charge in [0.05, 0.1) is 12.4 Å². The van der Waals surface area contributed by atoms with E-state index in [4.69, 9.17) is 5.73 Å². The van der Waals surface area contributed by atoms with Gasteiger partial charge in [-0.1, -0.05) is 0 Å². The van der Waals surface area contributed by atoms with Gasteiger partial charge in [-0.25, -0.2) is 4.98 Å². The average Bonchev–Trinajstić information content (AvgIpc) is 3.03. The van der Waals surface area contributed by atoms with Gasteiger partial charge in [0.2, 0.25) is 5.91 Å². The number of likely N-dealkylation sites (tertiary alicyclic amines) is 1. The van der Waals surface area contributed by atoms with Crippen molar-refractivity contribution in [3.8, 4) is 0 Å². The maximum absolute atomic E-state index is 12.7. The molecule has 8 nitrogen and oxygen atoms in total. The summed E-state index contributed by atoms with van der Waals surface area (Å²) in [5, 5.41) is 2.93. The average molecular weight is 360 g/mol. The van der Waals surface area contributed by atoms with Crippen molar-refractivity contribution >= 4 is 17.6 Å². The highest BCUT2D eigenvalue weighted by Crippen LogP contribution is 2.24. The van der Waals surface area contributed by atoms with Crippen LogP contribution < -0.4 is 16.0 Å². The molecule has 3 heterocycles. The molecule has 1 aromatic rings. The zero-order chi connectivity index (χ0) is 18.7. The van der Waals surface area contributed by atoms with Crippen LogP contribution >= 0.6 is 0 Å². The van der Waals surface area contributed by atoms with Gasteiger partial charge in [0.25, 0.3) is 5.91 Å². The maximum atomic E-state index is 12.7. The summed E-state index contributed by atoms with van der Waals surface area (Å²) in [5.74, 6) is 0.373. The van der Waals surface area contributed by atoms with E-state index in [-0.39, 0.29) is 29.9 Å². The zero-order valence-corrected chi connectivity index (χ0v) is 15.5. The Bertz CT molecular complexity index is 659. The molecule has 8 heteroatoms. The lowest BCUT2D eigenvalue weighted by atomic mass is 10.1. The van der Waals surface area contributed by atoms with E-state index < -0.39 is 0 Å². The predicted molar refractivity (Wildman–Crippen MR) is 98.8 cm³/mol. The van der Waals surface area contributed by atoms with E-state index in [1.165, 1.54) is 6.20 Å². The third-order valence-electron chi connectivity index (χ3n) is 4.85. The van der Waals surface area contributed by atoms with Crippen LogP contribution in [0.4, 0.5) is 5.82 Å². The van der Waals surface area contributed by atoms with Crippen LogP contribution in [-0.2, 0) is 4.79 Å². The van der Waals surface area contributed by atoms with Crippen molar-refractivity contribution in [1.82, 2.24) is 20.2 Å². The van der Waals surface area contributed by atoms with Gasteiger partial charge >= 0.3 is 0 Å². The van der Waals surface area contributed by atoms with Crippen molar-refractivity contribution in [3.63, 3.8) is 0 Å². The maximum Gasteiger partial charge on any atom is 0.274 e. The van der Waals surface area contributed by atoms with Gasteiger partial charge in [-0.2, -0.15) is 0 Å². The SMILES string of the molecule is CC(C)NC(=O)[C@@H]1C[C@@H](N)CN1c1cncc(C(=O)N2CCCCC2)n1. The molecule has 3 rings (SSSR count). The minimum absolute atomic E-state index is 0.0549. The number of nitrogens with two attached hydrogens (primary N) is 1. The smallest absolute Gasteiger partial charge is 0.274 e. The summed E-state index contributed by atoms with van der Waals surface area (Å²) < 4.78 is 0. The highest BCUT2D eigenvalue weighted by atomic mass is 16.2. The van der Waals surface area contributed by atoms with Crippen molar-refractivity contribution in [1.29, 1.82) is 0 Å². The van der Waals surface area contributed by atoms with Crippen LogP contribution in [0.3, 0.4) is 0 Å². The first-order valence-electron chi connectivity index (χ1n) is 9.39. The first-order chi connectivity index (χ1) is 12.5. The lowest BCUT2D eigenvalue weighted by Gasteiger charge is -2.27. The van der Waals surface area contributed by atoms with Gasteiger partial charge in [-0.15, -0.1) is 0 Å². The minimum atomic E-state index is -0.387. The number of hydrogen-bond donors (Lipinski definition) is 2. The summed E-state index contributed by atoms with van der Waals surface area (Å²) in [6, 6.07) is -0.442. The molecule has 3 N–H and O–H groups in total. The quantitative estimate of drug-likeness (QED) is 0.812. The molecule has 142 valence electrons. The van der Waals surface area contributed by atoms with Crippen LogP contribution in [0.2, 0.25) is 0 Å². The van der Waals surface area contributed by atoms with Gasteiger partial charge in [0.1, 0.15) is 17.6 Å². The standard InChI is InChI=1S/C18H28N6O2/c1-12(2)21-17(25)15-8-13(19)11-24(15)16-10-20-9-14(22-16)18(26)23-6-4-3-5-7-23/h9-10,12-13,15H,3-8,11,19H2,1-2H3,(H,21,25)/t13-,15+/m1/s1. The molecule has 0 unspecified atom stereocenters. The highest BCUT2D eigenvalue weighted by Gasteiger charge is 2.36. The Hall–Kier alpha value is -2.22. The number of amides is 2. The Morgan fingerprint density at radius 2 is 1.96 bits per heavy atom. The van der Waals surface area contributed by atoms with Crippen molar-refractivity contribution in [2.24, 2.45) is 5.73 Å². The lowest BCUT2D eigenvalue weighted by Crippen LogP contribution is -2.46. The van der Waals surface area contributed by atoms with E-state index >= 15 is 0 Å². The molecule has 0 spiro atoms. The normalized spacial score (nSPS) is 23.4. The van der Waals surface area contributed by atoms with E-state index in [9.17, 15) is 9.59 Å². The fourth-order valence-corrected chi connectivity index (χ4v) is 3.61. The summed E-state index contributed by atoms with van der Waals surface area (Å²) in [4.78, 5) is 37.6. The van der Waals surface area contributed by atoms with Crippen molar-refractivity contribution in [3.05, 3.63) is 18.1 Å². The van der Waals surface area contributed by atoms with Crippen molar-refractivity contribution in [2.75, 3.05) is 24.5 Å². The van der Waals surface area contributed by atoms with E-state index in [1.807, 2.05) is 23.6 Å². The number of hydrogen-bond acceptors (Lipinski definition) is 6. The summed E-state index contributed by atoms with van der Waals surface area (Å²) in [7, 11) is 0. The molecule has 2 atom stereocenters. The van der Waals surface area contributed by atoms with E-state index in [0.717, 1.165) is 32.4 Å². The minimum Gasteiger partial charge on any atom is -0.352 e. The van der Waals surface area contributed by atoms with E-state index in [0.29, 0.717) is 24.5 Å². The second-order valence-corrected chi connectivity index (χ2v) is 7.44.